The molecule has 4 heteroatoms. The molecule has 0 amide bonds. The summed E-state index contributed by atoms with van der Waals surface area (Å²) in [5, 5.41) is 9.60. The van der Waals surface area contributed by atoms with Crippen LogP contribution >= 0.6 is 0 Å². The van der Waals surface area contributed by atoms with Crippen LogP contribution in [-0.4, -0.2) is 28.6 Å². The number of carbonyl (C=O) groups is 1. The highest BCUT2D eigenvalue weighted by molar-refractivity contribution is 5.93. The van der Waals surface area contributed by atoms with E-state index < -0.39 is 5.97 Å². The van der Waals surface area contributed by atoms with Gasteiger partial charge < -0.3 is 10.0 Å². The van der Waals surface area contributed by atoms with E-state index >= 15 is 0 Å². The smallest absolute Gasteiger partial charge is 0.339 e. The minimum atomic E-state index is -0.827. The second-order valence-electron chi connectivity index (χ2n) is 6.72. The highest BCUT2D eigenvalue weighted by Gasteiger charge is 2.37. The third-order valence-corrected chi connectivity index (χ3v) is 5.53. The standard InChI is InChI=1S/C17H22N2O2/c20-17(21)13-10-12-5-1-7-14(12)18-16(13)19-9-3-6-11-4-2-8-15(11)19/h10-11,15H,1-9H2,(H,20,21). The van der Waals surface area contributed by atoms with Gasteiger partial charge in [-0.05, 0) is 62.5 Å². The van der Waals surface area contributed by atoms with E-state index in [1.165, 1.54) is 32.1 Å². The van der Waals surface area contributed by atoms with Crippen LogP contribution in [0.1, 0.15) is 60.1 Å². The second-order valence-corrected chi connectivity index (χ2v) is 6.72. The van der Waals surface area contributed by atoms with Gasteiger partial charge in [0.1, 0.15) is 11.4 Å². The zero-order chi connectivity index (χ0) is 14.4. The molecule has 21 heavy (non-hydrogen) atoms. The molecule has 1 N–H and O–H groups in total. The Balaban J connectivity index is 1.77. The van der Waals surface area contributed by atoms with Crippen molar-refractivity contribution in [2.75, 3.05) is 11.4 Å². The van der Waals surface area contributed by atoms with Gasteiger partial charge in [0.15, 0.2) is 0 Å². The summed E-state index contributed by atoms with van der Waals surface area (Å²) in [5.41, 5.74) is 2.70. The van der Waals surface area contributed by atoms with Gasteiger partial charge in [0, 0.05) is 18.3 Å². The first-order valence-electron chi connectivity index (χ1n) is 8.27. The first-order valence-corrected chi connectivity index (χ1v) is 8.27. The van der Waals surface area contributed by atoms with Crippen LogP contribution in [0.4, 0.5) is 5.82 Å². The van der Waals surface area contributed by atoms with Crippen molar-refractivity contribution in [2.24, 2.45) is 5.92 Å². The molecular weight excluding hydrogens is 264 g/mol. The molecule has 3 aliphatic rings. The number of hydrogen-bond acceptors (Lipinski definition) is 3. The number of aromatic carboxylic acids is 1. The molecule has 2 unspecified atom stereocenters. The summed E-state index contributed by atoms with van der Waals surface area (Å²) >= 11 is 0. The van der Waals surface area contributed by atoms with Crippen LogP contribution in [0.2, 0.25) is 0 Å². The van der Waals surface area contributed by atoms with Crippen molar-refractivity contribution >= 4 is 11.8 Å². The van der Waals surface area contributed by atoms with E-state index in [2.05, 4.69) is 4.90 Å². The third kappa shape index (κ3) is 2.12. The van der Waals surface area contributed by atoms with Gasteiger partial charge in [-0.25, -0.2) is 9.78 Å². The number of fused-ring (bicyclic) bond motifs is 2. The van der Waals surface area contributed by atoms with Gasteiger partial charge in [-0.3, -0.25) is 0 Å². The predicted octanol–water partition coefficient (Wildman–Crippen LogP) is 3.04. The van der Waals surface area contributed by atoms with E-state index in [1.807, 2.05) is 6.07 Å². The number of anilines is 1. The summed E-state index contributed by atoms with van der Waals surface area (Å²) in [6.07, 6.45) is 9.33. The minimum absolute atomic E-state index is 0.420. The van der Waals surface area contributed by atoms with Crippen molar-refractivity contribution in [2.45, 2.75) is 57.4 Å². The maximum absolute atomic E-state index is 11.7. The summed E-state index contributed by atoms with van der Waals surface area (Å²) in [5.74, 6) is 0.669. The molecule has 0 aromatic carbocycles. The molecule has 4 rings (SSSR count). The zero-order valence-electron chi connectivity index (χ0n) is 12.3. The molecule has 0 radical (unpaired) electrons. The second kappa shape index (κ2) is 5.00. The number of hydrogen-bond donors (Lipinski definition) is 1. The molecule has 2 atom stereocenters. The van der Waals surface area contributed by atoms with Crippen LogP contribution in [0.25, 0.3) is 0 Å². The van der Waals surface area contributed by atoms with Crippen LogP contribution in [0, 0.1) is 5.92 Å². The summed E-state index contributed by atoms with van der Waals surface area (Å²) < 4.78 is 0. The Morgan fingerprint density at radius 3 is 2.90 bits per heavy atom. The van der Waals surface area contributed by atoms with Crippen LogP contribution in [0.5, 0.6) is 0 Å². The minimum Gasteiger partial charge on any atom is -0.478 e. The quantitative estimate of drug-likeness (QED) is 0.908. The van der Waals surface area contributed by atoms with Crippen LogP contribution in [0.3, 0.4) is 0 Å². The molecule has 4 nitrogen and oxygen atoms in total. The van der Waals surface area contributed by atoms with Gasteiger partial charge in [-0.1, -0.05) is 6.42 Å². The molecule has 1 saturated carbocycles. The monoisotopic (exact) mass is 286 g/mol. The average molecular weight is 286 g/mol. The molecule has 1 aromatic heterocycles. The number of pyridine rings is 1. The largest absolute Gasteiger partial charge is 0.478 e. The molecule has 112 valence electrons. The van der Waals surface area contributed by atoms with Crippen LogP contribution in [0.15, 0.2) is 6.07 Å². The fraction of sp³-hybridized carbons (Fsp3) is 0.647. The van der Waals surface area contributed by atoms with Gasteiger partial charge in [-0.2, -0.15) is 0 Å². The molecule has 1 saturated heterocycles. The fourth-order valence-electron chi connectivity index (χ4n) is 4.55. The van der Waals surface area contributed by atoms with Crippen molar-refractivity contribution in [3.63, 3.8) is 0 Å². The maximum Gasteiger partial charge on any atom is 0.339 e. The molecule has 2 fully saturated rings. The number of carboxylic acid groups (broad SMARTS) is 1. The topological polar surface area (TPSA) is 53.4 Å². The summed E-state index contributed by atoms with van der Waals surface area (Å²) in [4.78, 5) is 18.8. The lowest BCUT2D eigenvalue weighted by Crippen LogP contribution is -2.44. The first-order chi connectivity index (χ1) is 10.2. The highest BCUT2D eigenvalue weighted by Crippen LogP contribution is 2.40. The maximum atomic E-state index is 11.7. The van der Waals surface area contributed by atoms with E-state index in [0.29, 0.717) is 11.6 Å². The summed E-state index contributed by atoms with van der Waals surface area (Å²) in [7, 11) is 0. The van der Waals surface area contributed by atoms with Crippen molar-refractivity contribution in [3.05, 3.63) is 22.9 Å². The van der Waals surface area contributed by atoms with E-state index in [9.17, 15) is 9.90 Å². The summed E-state index contributed by atoms with van der Waals surface area (Å²) in [6.45, 7) is 0.966. The number of nitrogens with zero attached hydrogens (tertiary/aromatic N) is 2. The van der Waals surface area contributed by atoms with Gasteiger partial charge >= 0.3 is 5.97 Å². The Morgan fingerprint density at radius 1 is 1.19 bits per heavy atom. The normalized spacial score (nSPS) is 27.5. The number of piperidine rings is 1. The van der Waals surface area contributed by atoms with E-state index in [-0.39, 0.29) is 0 Å². The van der Waals surface area contributed by atoms with Gasteiger partial charge in [0.2, 0.25) is 0 Å². The van der Waals surface area contributed by atoms with Crippen LogP contribution in [-0.2, 0) is 12.8 Å². The molecule has 2 heterocycles. The number of carboxylic acids is 1. The average Bonchev–Trinajstić information content (AvgIpc) is 3.13. The van der Waals surface area contributed by atoms with Crippen molar-refractivity contribution in [1.29, 1.82) is 0 Å². The Hall–Kier alpha value is -1.58. The molecule has 0 bridgehead atoms. The lowest BCUT2D eigenvalue weighted by Gasteiger charge is -2.39. The van der Waals surface area contributed by atoms with E-state index in [1.54, 1.807) is 0 Å². The molecule has 1 aliphatic heterocycles. The van der Waals surface area contributed by atoms with Crippen LogP contribution < -0.4 is 4.90 Å². The predicted molar refractivity (Wildman–Crippen MR) is 80.9 cm³/mol. The lowest BCUT2D eigenvalue weighted by atomic mass is 9.91. The van der Waals surface area contributed by atoms with Gasteiger partial charge in [0.05, 0.1) is 0 Å². The Bertz CT molecular complexity index is 584. The fourth-order valence-corrected chi connectivity index (χ4v) is 4.55. The Morgan fingerprint density at radius 2 is 2.05 bits per heavy atom. The van der Waals surface area contributed by atoms with Crippen molar-refractivity contribution in [3.8, 4) is 0 Å². The summed E-state index contributed by atoms with van der Waals surface area (Å²) in [6, 6.07) is 2.41. The number of aromatic nitrogens is 1. The lowest BCUT2D eigenvalue weighted by molar-refractivity contribution is 0.0696. The van der Waals surface area contributed by atoms with Gasteiger partial charge in [0.25, 0.3) is 0 Å². The van der Waals surface area contributed by atoms with Gasteiger partial charge in [-0.15, -0.1) is 0 Å². The highest BCUT2D eigenvalue weighted by atomic mass is 16.4. The zero-order valence-corrected chi connectivity index (χ0v) is 12.3. The van der Waals surface area contributed by atoms with Crippen molar-refractivity contribution < 1.29 is 9.90 Å². The SMILES string of the molecule is O=C(O)c1cc2c(nc1N1CCCC3CCCC31)CCC2. The van der Waals surface area contributed by atoms with E-state index in [4.69, 9.17) is 4.98 Å². The molecule has 1 aromatic rings. The Labute approximate surface area is 125 Å². The van der Waals surface area contributed by atoms with E-state index in [0.717, 1.165) is 48.8 Å². The first kappa shape index (κ1) is 13.1. The van der Waals surface area contributed by atoms with Crippen molar-refractivity contribution in [1.82, 2.24) is 4.98 Å². The molecular formula is C17H22N2O2. The Kier molecular flexibility index (Phi) is 3.12. The third-order valence-electron chi connectivity index (χ3n) is 5.53. The number of aryl methyl sites for hydroxylation is 2. The number of rotatable bonds is 2. The molecule has 0 spiro atoms. The molecule has 2 aliphatic carbocycles.